The number of nitrogens with one attached hydrogen (secondary N) is 1. The van der Waals surface area contributed by atoms with E-state index in [-0.39, 0.29) is 11.3 Å². The number of carboxylic acid groups (broad SMARTS) is 1. The molecule has 0 radical (unpaired) electrons. The number of carboxylic acids is 1. The van der Waals surface area contributed by atoms with E-state index < -0.39 is 12.0 Å². The first kappa shape index (κ1) is 17.2. The van der Waals surface area contributed by atoms with Crippen molar-refractivity contribution in [1.29, 1.82) is 0 Å². The number of hydrogen-bond acceptors (Lipinski definition) is 2. The van der Waals surface area contributed by atoms with Gasteiger partial charge < -0.3 is 10.4 Å². The average Bonchev–Trinajstić information content (AvgIpc) is 2.36. The molecule has 2 N–H and O–H groups in total. The molecular formula is C17H25NO3. The van der Waals surface area contributed by atoms with Crippen molar-refractivity contribution in [3.63, 3.8) is 0 Å². The SMILES string of the molecule is Cc1cccc(C(=O)NC(CCC(C)(C)C)C(=O)O)c1C. The molecule has 1 amide bonds. The fourth-order valence-corrected chi connectivity index (χ4v) is 2.07. The maximum absolute atomic E-state index is 12.3. The smallest absolute Gasteiger partial charge is 0.326 e. The van der Waals surface area contributed by atoms with Crippen LogP contribution in [0.1, 0.15) is 55.1 Å². The molecule has 0 aliphatic carbocycles. The van der Waals surface area contributed by atoms with Crippen molar-refractivity contribution < 1.29 is 14.7 Å². The highest BCUT2D eigenvalue weighted by atomic mass is 16.4. The number of aryl methyl sites for hydroxylation is 1. The standard InChI is InChI=1S/C17H25NO3/c1-11-7-6-8-13(12(11)2)15(19)18-14(16(20)21)9-10-17(3,4)5/h6-8,14H,9-10H2,1-5H3,(H,18,19)(H,20,21). The minimum Gasteiger partial charge on any atom is -0.480 e. The van der Waals surface area contributed by atoms with Crippen molar-refractivity contribution in [2.24, 2.45) is 5.41 Å². The third-order valence-corrected chi connectivity index (χ3v) is 3.64. The Balaban J connectivity index is 2.82. The van der Waals surface area contributed by atoms with E-state index in [2.05, 4.69) is 26.1 Å². The van der Waals surface area contributed by atoms with Gasteiger partial charge in [0.15, 0.2) is 0 Å². The van der Waals surface area contributed by atoms with Crippen molar-refractivity contribution in [3.8, 4) is 0 Å². The van der Waals surface area contributed by atoms with Crippen molar-refractivity contribution in [2.75, 3.05) is 0 Å². The van der Waals surface area contributed by atoms with Crippen LogP contribution in [0, 0.1) is 19.3 Å². The molecule has 0 heterocycles. The van der Waals surface area contributed by atoms with Gasteiger partial charge in [-0.3, -0.25) is 4.79 Å². The Morgan fingerprint density at radius 3 is 2.38 bits per heavy atom. The van der Waals surface area contributed by atoms with Gasteiger partial charge in [0.2, 0.25) is 0 Å². The Morgan fingerprint density at radius 2 is 1.86 bits per heavy atom. The van der Waals surface area contributed by atoms with Gasteiger partial charge in [0.25, 0.3) is 5.91 Å². The van der Waals surface area contributed by atoms with E-state index >= 15 is 0 Å². The predicted octanol–water partition coefficient (Wildman–Crippen LogP) is 3.31. The Kier molecular flexibility index (Phi) is 5.53. The van der Waals surface area contributed by atoms with Gasteiger partial charge >= 0.3 is 5.97 Å². The minimum atomic E-state index is -0.988. The largest absolute Gasteiger partial charge is 0.480 e. The van der Waals surface area contributed by atoms with E-state index in [0.29, 0.717) is 12.0 Å². The Bertz CT molecular complexity index is 529. The number of benzene rings is 1. The molecule has 0 aromatic heterocycles. The van der Waals surface area contributed by atoms with E-state index in [0.717, 1.165) is 17.5 Å². The summed E-state index contributed by atoms with van der Waals surface area (Å²) in [5.41, 5.74) is 2.48. The zero-order chi connectivity index (χ0) is 16.2. The van der Waals surface area contributed by atoms with Gasteiger partial charge in [-0.2, -0.15) is 0 Å². The second kappa shape index (κ2) is 6.74. The maximum Gasteiger partial charge on any atom is 0.326 e. The summed E-state index contributed by atoms with van der Waals surface area (Å²) in [5, 5.41) is 11.9. The molecule has 4 heteroatoms. The second-order valence-electron chi connectivity index (χ2n) is 6.71. The lowest BCUT2D eigenvalue weighted by molar-refractivity contribution is -0.139. The van der Waals surface area contributed by atoms with Gasteiger partial charge in [-0.1, -0.05) is 32.9 Å². The molecule has 0 aliphatic rings. The Morgan fingerprint density at radius 1 is 1.24 bits per heavy atom. The number of aliphatic carboxylic acids is 1. The normalized spacial score (nSPS) is 12.8. The summed E-state index contributed by atoms with van der Waals surface area (Å²) in [6, 6.07) is 4.61. The van der Waals surface area contributed by atoms with Crippen LogP contribution in [0.15, 0.2) is 18.2 Å². The number of carbonyl (C=O) groups is 2. The highest BCUT2D eigenvalue weighted by Crippen LogP contribution is 2.22. The van der Waals surface area contributed by atoms with Crippen molar-refractivity contribution in [2.45, 2.75) is 53.5 Å². The number of carbonyl (C=O) groups excluding carboxylic acids is 1. The molecule has 4 nitrogen and oxygen atoms in total. The summed E-state index contributed by atoms with van der Waals surface area (Å²) in [6.45, 7) is 9.96. The summed E-state index contributed by atoms with van der Waals surface area (Å²) in [7, 11) is 0. The zero-order valence-electron chi connectivity index (χ0n) is 13.5. The first-order valence-electron chi connectivity index (χ1n) is 7.22. The van der Waals surface area contributed by atoms with Crippen LogP contribution in [0.2, 0.25) is 0 Å². The van der Waals surface area contributed by atoms with Crippen LogP contribution in [0.4, 0.5) is 0 Å². The monoisotopic (exact) mass is 291 g/mol. The van der Waals surface area contributed by atoms with Gasteiger partial charge in [0, 0.05) is 5.56 Å². The quantitative estimate of drug-likeness (QED) is 0.874. The van der Waals surface area contributed by atoms with Gasteiger partial charge in [-0.15, -0.1) is 0 Å². The van der Waals surface area contributed by atoms with Crippen LogP contribution in [-0.4, -0.2) is 23.0 Å². The van der Waals surface area contributed by atoms with E-state index in [1.54, 1.807) is 6.07 Å². The molecule has 0 bridgehead atoms. The van der Waals surface area contributed by atoms with Gasteiger partial charge in [-0.05, 0) is 49.3 Å². The van der Waals surface area contributed by atoms with Crippen LogP contribution >= 0.6 is 0 Å². The summed E-state index contributed by atoms with van der Waals surface area (Å²) >= 11 is 0. The number of hydrogen-bond donors (Lipinski definition) is 2. The van der Waals surface area contributed by atoms with Gasteiger partial charge in [0.1, 0.15) is 6.04 Å². The van der Waals surface area contributed by atoms with E-state index in [4.69, 9.17) is 0 Å². The van der Waals surface area contributed by atoms with Gasteiger partial charge in [-0.25, -0.2) is 4.79 Å². The third-order valence-electron chi connectivity index (χ3n) is 3.64. The molecule has 1 aromatic rings. The highest BCUT2D eigenvalue weighted by Gasteiger charge is 2.23. The van der Waals surface area contributed by atoms with Crippen molar-refractivity contribution in [1.82, 2.24) is 5.32 Å². The van der Waals surface area contributed by atoms with Crippen molar-refractivity contribution >= 4 is 11.9 Å². The molecule has 116 valence electrons. The van der Waals surface area contributed by atoms with Crippen LogP contribution in [0.25, 0.3) is 0 Å². The Hall–Kier alpha value is -1.84. The van der Waals surface area contributed by atoms with E-state index in [9.17, 15) is 14.7 Å². The van der Waals surface area contributed by atoms with Crippen LogP contribution in [-0.2, 0) is 4.79 Å². The van der Waals surface area contributed by atoms with Crippen molar-refractivity contribution in [3.05, 3.63) is 34.9 Å². The molecule has 0 saturated heterocycles. The molecule has 1 aromatic carbocycles. The summed E-state index contributed by atoms with van der Waals surface area (Å²) in [6.07, 6.45) is 1.16. The first-order chi connectivity index (χ1) is 9.61. The second-order valence-corrected chi connectivity index (χ2v) is 6.71. The van der Waals surface area contributed by atoms with E-state index in [1.807, 2.05) is 26.0 Å². The first-order valence-corrected chi connectivity index (χ1v) is 7.22. The number of amides is 1. The van der Waals surface area contributed by atoms with E-state index in [1.165, 1.54) is 0 Å². The molecule has 0 saturated carbocycles. The maximum atomic E-state index is 12.3. The molecule has 0 spiro atoms. The van der Waals surface area contributed by atoms with Crippen LogP contribution < -0.4 is 5.32 Å². The fourth-order valence-electron chi connectivity index (χ4n) is 2.07. The summed E-state index contributed by atoms with van der Waals surface area (Å²) < 4.78 is 0. The number of rotatable bonds is 5. The molecular weight excluding hydrogens is 266 g/mol. The third kappa shape index (κ3) is 5.21. The van der Waals surface area contributed by atoms with Gasteiger partial charge in [0.05, 0.1) is 0 Å². The zero-order valence-corrected chi connectivity index (χ0v) is 13.5. The molecule has 0 aliphatic heterocycles. The molecule has 0 fully saturated rings. The minimum absolute atomic E-state index is 0.0394. The summed E-state index contributed by atoms with van der Waals surface area (Å²) in [4.78, 5) is 23.6. The molecule has 1 atom stereocenters. The lowest BCUT2D eigenvalue weighted by Gasteiger charge is -2.22. The summed E-state index contributed by atoms with van der Waals surface area (Å²) in [5.74, 6) is -1.31. The molecule has 21 heavy (non-hydrogen) atoms. The molecule has 1 unspecified atom stereocenters. The Labute approximate surface area is 126 Å². The lowest BCUT2D eigenvalue weighted by Crippen LogP contribution is -2.41. The average molecular weight is 291 g/mol. The molecule has 1 rings (SSSR count). The topological polar surface area (TPSA) is 66.4 Å². The lowest BCUT2D eigenvalue weighted by atomic mass is 9.88. The fraction of sp³-hybridized carbons (Fsp3) is 0.529. The van der Waals surface area contributed by atoms with Crippen LogP contribution in [0.3, 0.4) is 0 Å². The van der Waals surface area contributed by atoms with Crippen LogP contribution in [0.5, 0.6) is 0 Å². The predicted molar refractivity (Wildman–Crippen MR) is 83.5 cm³/mol. The highest BCUT2D eigenvalue weighted by molar-refractivity contribution is 5.98.